The fraction of sp³-hybridized carbons (Fsp3) is 0.667. The van der Waals surface area contributed by atoms with Gasteiger partial charge in [-0.05, 0) is 23.6 Å². The van der Waals surface area contributed by atoms with Crippen molar-refractivity contribution in [1.29, 1.82) is 0 Å². The van der Waals surface area contributed by atoms with Crippen molar-refractivity contribution in [2.75, 3.05) is 7.05 Å². The van der Waals surface area contributed by atoms with Crippen LogP contribution in [-0.2, 0) is 0 Å². The molecule has 0 radical (unpaired) electrons. The van der Waals surface area contributed by atoms with Crippen molar-refractivity contribution < 1.29 is 0 Å². The number of hydrogen-bond donors (Lipinski definition) is 1. The average molecular weight is 181 g/mol. The van der Waals surface area contributed by atoms with Gasteiger partial charge in [0, 0.05) is 7.05 Å². The van der Waals surface area contributed by atoms with Gasteiger partial charge >= 0.3 is 0 Å². The molecule has 76 valence electrons. The molecule has 0 aromatic rings. The van der Waals surface area contributed by atoms with Crippen LogP contribution in [0.25, 0.3) is 0 Å². The fourth-order valence-corrected chi connectivity index (χ4v) is 0.985. The Hall–Kier alpha value is -0.720. The van der Waals surface area contributed by atoms with Gasteiger partial charge in [-0.1, -0.05) is 46.3 Å². The normalized spacial score (nSPS) is 15.4. The van der Waals surface area contributed by atoms with E-state index in [-0.39, 0.29) is 0 Å². The van der Waals surface area contributed by atoms with Crippen LogP contribution in [0, 0.1) is 11.8 Å². The van der Waals surface area contributed by atoms with Crippen LogP contribution < -0.4 is 5.32 Å². The van der Waals surface area contributed by atoms with Gasteiger partial charge in [0.25, 0.3) is 0 Å². The van der Waals surface area contributed by atoms with Crippen LogP contribution in [-0.4, -0.2) is 7.05 Å². The predicted molar refractivity (Wildman–Crippen MR) is 60.6 cm³/mol. The lowest BCUT2D eigenvalue weighted by Crippen LogP contribution is -2.00. The quantitative estimate of drug-likeness (QED) is 0.641. The summed E-state index contributed by atoms with van der Waals surface area (Å²) in [6, 6.07) is 0. The standard InChI is InChI=1S/C12H23N/c1-6-11(4)7-8-12(9-13-5)10(2)3/h7-11,13H,6H2,1-5H3/b8-7-,12-9+. The smallest absolute Gasteiger partial charge is 0.00278 e. The molecule has 0 amide bonds. The van der Waals surface area contributed by atoms with Gasteiger partial charge < -0.3 is 5.32 Å². The summed E-state index contributed by atoms with van der Waals surface area (Å²) in [6.07, 6.45) is 7.80. The molecule has 0 spiro atoms. The van der Waals surface area contributed by atoms with Gasteiger partial charge in [0.05, 0.1) is 0 Å². The Morgan fingerprint density at radius 2 is 1.92 bits per heavy atom. The predicted octanol–water partition coefficient (Wildman–Crippen LogP) is 3.35. The monoisotopic (exact) mass is 181 g/mol. The topological polar surface area (TPSA) is 12.0 Å². The second-order valence-electron chi connectivity index (χ2n) is 3.83. The van der Waals surface area contributed by atoms with Crippen LogP contribution in [0.4, 0.5) is 0 Å². The van der Waals surface area contributed by atoms with Gasteiger partial charge in [-0.25, -0.2) is 0 Å². The molecule has 0 aromatic carbocycles. The van der Waals surface area contributed by atoms with E-state index in [0.717, 1.165) is 0 Å². The number of rotatable bonds is 5. The molecule has 0 aliphatic rings. The SMILES string of the molecule is CCC(C)/C=C\C(=C/NC)C(C)C. The average Bonchev–Trinajstić information content (AvgIpc) is 2.11. The summed E-state index contributed by atoms with van der Waals surface area (Å²) in [6.45, 7) is 8.88. The summed E-state index contributed by atoms with van der Waals surface area (Å²) in [5, 5.41) is 3.08. The minimum absolute atomic E-state index is 0.591. The Balaban J connectivity index is 4.26. The van der Waals surface area contributed by atoms with Crippen LogP contribution in [0.2, 0.25) is 0 Å². The Bertz CT molecular complexity index is 178. The van der Waals surface area contributed by atoms with Crippen LogP contribution in [0.3, 0.4) is 0 Å². The van der Waals surface area contributed by atoms with Crippen molar-refractivity contribution in [3.8, 4) is 0 Å². The molecule has 0 heterocycles. The van der Waals surface area contributed by atoms with Crippen molar-refractivity contribution in [3.63, 3.8) is 0 Å². The molecule has 13 heavy (non-hydrogen) atoms. The van der Waals surface area contributed by atoms with E-state index >= 15 is 0 Å². The van der Waals surface area contributed by atoms with Gasteiger partial charge in [-0.2, -0.15) is 0 Å². The molecule has 0 bridgehead atoms. The van der Waals surface area contributed by atoms with Gasteiger partial charge in [0.1, 0.15) is 0 Å². The molecule has 0 fully saturated rings. The first-order valence-electron chi connectivity index (χ1n) is 5.17. The van der Waals surface area contributed by atoms with E-state index in [1.54, 1.807) is 0 Å². The first kappa shape index (κ1) is 12.3. The number of allylic oxidation sites excluding steroid dienone is 3. The second kappa shape index (κ2) is 6.76. The van der Waals surface area contributed by atoms with Crippen molar-refractivity contribution in [1.82, 2.24) is 5.32 Å². The minimum Gasteiger partial charge on any atom is -0.394 e. The maximum Gasteiger partial charge on any atom is 0.00278 e. The molecule has 1 heteroatoms. The molecule has 0 saturated carbocycles. The molecule has 1 nitrogen and oxygen atoms in total. The van der Waals surface area contributed by atoms with Gasteiger partial charge in [-0.15, -0.1) is 0 Å². The van der Waals surface area contributed by atoms with Crippen LogP contribution in [0.15, 0.2) is 23.9 Å². The van der Waals surface area contributed by atoms with Crippen molar-refractivity contribution >= 4 is 0 Å². The molecule has 0 aliphatic heterocycles. The van der Waals surface area contributed by atoms with Gasteiger partial charge in [-0.3, -0.25) is 0 Å². The highest BCUT2D eigenvalue weighted by molar-refractivity contribution is 5.20. The summed E-state index contributed by atoms with van der Waals surface area (Å²) < 4.78 is 0. The summed E-state index contributed by atoms with van der Waals surface area (Å²) in [4.78, 5) is 0. The van der Waals surface area contributed by atoms with Gasteiger partial charge in [0.2, 0.25) is 0 Å². The maximum absolute atomic E-state index is 3.08. The van der Waals surface area contributed by atoms with Crippen LogP contribution in [0.1, 0.15) is 34.1 Å². The van der Waals surface area contributed by atoms with Crippen molar-refractivity contribution in [2.24, 2.45) is 11.8 Å². The van der Waals surface area contributed by atoms with E-state index in [0.29, 0.717) is 11.8 Å². The zero-order valence-corrected chi connectivity index (χ0v) is 9.59. The number of hydrogen-bond acceptors (Lipinski definition) is 1. The van der Waals surface area contributed by atoms with E-state index in [4.69, 9.17) is 0 Å². The summed E-state index contributed by atoms with van der Waals surface area (Å²) in [5.74, 6) is 1.27. The van der Waals surface area contributed by atoms with Gasteiger partial charge in [0.15, 0.2) is 0 Å². The maximum atomic E-state index is 3.08. The lowest BCUT2D eigenvalue weighted by molar-refractivity contribution is 0.693. The third kappa shape index (κ3) is 5.51. The lowest BCUT2D eigenvalue weighted by atomic mass is 10.0. The van der Waals surface area contributed by atoms with E-state index in [9.17, 15) is 0 Å². The van der Waals surface area contributed by atoms with E-state index in [1.165, 1.54) is 12.0 Å². The zero-order valence-electron chi connectivity index (χ0n) is 9.59. The minimum atomic E-state index is 0.591. The zero-order chi connectivity index (χ0) is 10.3. The summed E-state index contributed by atoms with van der Waals surface area (Å²) in [7, 11) is 1.94. The highest BCUT2D eigenvalue weighted by atomic mass is 14.8. The van der Waals surface area contributed by atoms with E-state index in [1.807, 2.05) is 7.05 Å². The van der Waals surface area contributed by atoms with E-state index in [2.05, 4.69) is 51.4 Å². The Morgan fingerprint density at radius 3 is 2.31 bits per heavy atom. The van der Waals surface area contributed by atoms with Crippen LogP contribution in [0.5, 0.6) is 0 Å². The summed E-state index contributed by atoms with van der Waals surface area (Å²) in [5.41, 5.74) is 1.36. The Labute approximate surface area is 82.9 Å². The first-order valence-corrected chi connectivity index (χ1v) is 5.17. The fourth-order valence-electron chi connectivity index (χ4n) is 0.985. The molecule has 0 aliphatic carbocycles. The highest BCUT2D eigenvalue weighted by Gasteiger charge is 1.98. The molecular weight excluding hydrogens is 158 g/mol. The lowest BCUT2D eigenvalue weighted by Gasteiger charge is -2.07. The molecule has 0 aromatic heterocycles. The molecule has 1 atom stereocenters. The Kier molecular flexibility index (Phi) is 6.38. The van der Waals surface area contributed by atoms with Crippen molar-refractivity contribution in [3.05, 3.63) is 23.9 Å². The second-order valence-corrected chi connectivity index (χ2v) is 3.83. The molecular formula is C12H23N. The van der Waals surface area contributed by atoms with E-state index < -0.39 is 0 Å². The molecule has 1 N–H and O–H groups in total. The largest absolute Gasteiger partial charge is 0.394 e. The third-order valence-corrected chi connectivity index (χ3v) is 2.24. The van der Waals surface area contributed by atoms with Crippen molar-refractivity contribution in [2.45, 2.75) is 34.1 Å². The molecule has 0 rings (SSSR count). The summed E-state index contributed by atoms with van der Waals surface area (Å²) >= 11 is 0. The first-order chi connectivity index (χ1) is 6.11. The number of nitrogens with one attached hydrogen (secondary N) is 1. The van der Waals surface area contributed by atoms with Crippen LogP contribution >= 0.6 is 0 Å². The highest BCUT2D eigenvalue weighted by Crippen LogP contribution is 2.12. The molecule has 1 unspecified atom stereocenters. The third-order valence-electron chi connectivity index (χ3n) is 2.24. The Morgan fingerprint density at radius 1 is 1.31 bits per heavy atom. The molecule has 0 saturated heterocycles.